The summed E-state index contributed by atoms with van der Waals surface area (Å²) in [5, 5.41) is 11.2. The number of rotatable bonds is 10. The fraction of sp³-hybridized carbons (Fsp3) is 0.103. The average Bonchev–Trinajstić information content (AvgIpc) is 3.43. The lowest BCUT2D eigenvalue weighted by molar-refractivity contribution is -0.123. The second kappa shape index (κ2) is 12.5. The lowest BCUT2D eigenvalue weighted by Crippen LogP contribution is -2.37. The van der Waals surface area contributed by atoms with Crippen molar-refractivity contribution in [3.8, 4) is 0 Å². The van der Waals surface area contributed by atoms with Gasteiger partial charge in [0.2, 0.25) is 11.8 Å². The first-order valence-electron chi connectivity index (χ1n) is 11.6. The molecule has 0 saturated carbocycles. The molecule has 0 saturated heterocycles. The standard InChI is InChI=1S/C29H28N4O2S/c30-25-10-4-5-11-26(25)33-27(34)17-14-21-12-15-23(16-13-21)28(31-20-24-9-6-18-36-24)29(35)32-19-22-7-2-1-3-8-22/h1-18,28,31H,19-20,30H2,(H,32,35)(H,33,34). The van der Waals surface area contributed by atoms with Crippen molar-refractivity contribution in [3.63, 3.8) is 0 Å². The van der Waals surface area contributed by atoms with Crippen LogP contribution in [0.5, 0.6) is 0 Å². The third-order valence-corrected chi connectivity index (χ3v) is 6.42. The molecule has 0 spiro atoms. The largest absolute Gasteiger partial charge is 0.397 e. The first-order valence-corrected chi connectivity index (χ1v) is 12.5. The van der Waals surface area contributed by atoms with Gasteiger partial charge in [0, 0.05) is 24.0 Å². The monoisotopic (exact) mass is 496 g/mol. The summed E-state index contributed by atoms with van der Waals surface area (Å²) < 4.78 is 0. The highest BCUT2D eigenvalue weighted by molar-refractivity contribution is 7.09. The molecule has 1 atom stereocenters. The fourth-order valence-electron chi connectivity index (χ4n) is 3.62. The molecule has 0 aliphatic carbocycles. The highest BCUT2D eigenvalue weighted by Gasteiger charge is 2.20. The van der Waals surface area contributed by atoms with Gasteiger partial charge in [-0.05, 0) is 46.3 Å². The molecule has 0 bridgehead atoms. The molecule has 3 aromatic carbocycles. The van der Waals surface area contributed by atoms with Crippen LogP contribution in [0, 0.1) is 0 Å². The van der Waals surface area contributed by atoms with Crippen molar-refractivity contribution in [1.29, 1.82) is 0 Å². The average molecular weight is 497 g/mol. The van der Waals surface area contributed by atoms with Crippen LogP contribution in [0.3, 0.4) is 0 Å². The van der Waals surface area contributed by atoms with Crippen LogP contribution in [0.2, 0.25) is 0 Å². The van der Waals surface area contributed by atoms with Crippen molar-refractivity contribution >= 4 is 40.6 Å². The lowest BCUT2D eigenvalue weighted by atomic mass is 10.0. The van der Waals surface area contributed by atoms with Gasteiger partial charge < -0.3 is 16.4 Å². The molecule has 4 aromatic rings. The van der Waals surface area contributed by atoms with Crippen molar-refractivity contribution in [2.75, 3.05) is 11.1 Å². The molecule has 7 heteroatoms. The van der Waals surface area contributed by atoms with Crippen LogP contribution in [0.15, 0.2) is 102 Å². The van der Waals surface area contributed by atoms with E-state index in [0.29, 0.717) is 24.5 Å². The van der Waals surface area contributed by atoms with Crippen molar-refractivity contribution in [2.45, 2.75) is 19.1 Å². The molecule has 0 aliphatic rings. The van der Waals surface area contributed by atoms with Crippen LogP contribution in [-0.4, -0.2) is 11.8 Å². The quantitative estimate of drug-likeness (QED) is 0.181. The van der Waals surface area contributed by atoms with Gasteiger partial charge in [-0.2, -0.15) is 0 Å². The van der Waals surface area contributed by atoms with E-state index in [2.05, 4.69) is 16.0 Å². The van der Waals surface area contributed by atoms with E-state index in [1.165, 1.54) is 6.08 Å². The van der Waals surface area contributed by atoms with Crippen molar-refractivity contribution in [3.05, 3.63) is 124 Å². The Morgan fingerprint density at radius 1 is 0.861 bits per heavy atom. The van der Waals surface area contributed by atoms with E-state index < -0.39 is 6.04 Å². The van der Waals surface area contributed by atoms with E-state index in [1.807, 2.05) is 84.2 Å². The number of hydrogen-bond donors (Lipinski definition) is 4. The number of carbonyl (C=O) groups is 2. The first kappa shape index (κ1) is 24.9. The predicted octanol–water partition coefficient (Wildman–Crippen LogP) is 5.13. The molecule has 1 unspecified atom stereocenters. The molecule has 4 rings (SSSR count). The summed E-state index contributed by atoms with van der Waals surface area (Å²) in [4.78, 5) is 26.6. The molecule has 1 aromatic heterocycles. The number of anilines is 2. The molecule has 182 valence electrons. The molecule has 0 aliphatic heterocycles. The summed E-state index contributed by atoms with van der Waals surface area (Å²) in [6.07, 6.45) is 3.18. The number of nitrogen functional groups attached to an aromatic ring is 1. The second-order valence-corrected chi connectivity index (χ2v) is 9.21. The summed E-state index contributed by atoms with van der Waals surface area (Å²) >= 11 is 1.65. The summed E-state index contributed by atoms with van der Waals surface area (Å²) in [7, 11) is 0. The van der Waals surface area contributed by atoms with E-state index in [-0.39, 0.29) is 11.8 Å². The van der Waals surface area contributed by atoms with E-state index >= 15 is 0 Å². The zero-order valence-electron chi connectivity index (χ0n) is 19.7. The molecule has 6 nitrogen and oxygen atoms in total. The third kappa shape index (κ3) is 7.15. The van der Waals surface area contributed by atoms with Gasteiger partial charge in [-0.15, -0.1) is 11.3 Å². The Labute approximate surface area is 214 Å². The van der Waals surface area contributed by atoms with E-state index in [9.17, 15) is 9.59 Å². The predicted molar refractivity (Wildman–Crippen MR) is 147 cm³/mol. The molecule has 36 heavy (non-hydrogen) atoms. The first-order chi connectivity index (χ1) is 17.6. The second-order valence-electron chi connectivity index (χ2n) is 8.17. The zero-order valence-corrected chi connectivity index (χ0v) is 20.5. The zero-order chi connectivity index (χ0) is 25.2. The molecular weight excluding hydrogens is 468 g/mol. The van der Waals surface area contributed by atoms with Gasteiger partial charge in [0.1, 0.15) is 6.04 Å². The topological polar surface area (TPSA) is 96.2 Å². The maximum atomic E-state index is 13.1. The minimum absolute atomic E-state index is 0.0986. The van der Waals surface area contributed by atoms with Gasteiger partial charge in [-0.1, -0.05) is 72.8 Å². The van der Waals surface area contributed by atoms with Crippen molar-refractivity contribution in [1.82, 2.24) is 10.6 Å². The normalized spacial score (nSPS) is 11.8. The van der Waals surface area contributed by atoms with Crippen LogP contribution in [-0.2, 0) is 22.7 Å². The van der Waals surface area contributed by atoms with Gasteiger partial charge in [0.15, 0.2) is 0 Å². The summed E-state index contributed by atoms with van der Waals surface area (Å²) in [5.41, 5.74) is 9.69. The van der Waals surface area contributed by atoms with Gasteiger partial charge in [-0.25, -0.2) is 0 Å². The van der Waals surface area contributed by atoms with E-state index in [1.54, 1.807) is 29.5 Å². The SMILES string of the molecule is Nc1ccccc1NC(=O)C=Cc1ccc(C(NCc2cccs2)C(=O)NCc2ccccc2)cc1. The Kier molecular flexibility index (Phi) is 8.64. The Balaban J connectivity index is 1.42. The lowest BCUT2D eigenvalue weighted by Gasteiger charge is -2.19. The van der Waals surface area contributed by atoms with Gasteiger partial charge in [0.25, 0.3) is 0 Å². The number of nitrogens with two attached hydrogens (primary N) is 1. The highest BCUT2D eigenvalue weighted by atomic mass is 32.1. The molecule has 2 amide bonds. The number of thiophene rings is 1. The number of carbonyl (C=O) groups excluding carboxylic acids is 2. The summed E-state index contributed by atoms with van der Waals surface area (Å²) in [5.74, 6) is -0.369. The van der Waals surface area contributed by atoms with Gasteiger partial charge in [0.05, 0.1) is 11.4 Å². The van der Waals surface area contributed by atoms with Crippen LogP contribution in [0.1, 0.15) is 27.6 Å². The molecule has 0 radical (unpaired) electrons. The van der Waals surface area contributed by atoms with Gasteiger partial charge in [-0.3, -0.25) is 14.9 Å². The maximum absolute atomic E-state index is 13.1. The Hall–Kier alpha value is -4.20. The third-order valence-electron chi connectivity index (χ3n) is 5.55. The van der Waals surface area contributed by atoms with Crippen LogP contribution in [0.4, 0.5) is 11.4 Å². The maximum Gasteiger partial charge on any atom is 0.248 e. The number of nitrogens with one attached hydrogen (secondary N) is 3. The van der Waals surface area contributed by atoms with Crippen LogP contribution < -0.4 is 21.7 Å². The van der Waals surface area contributed by atoms with E-state index in [4.69, 9.17) is 5.73 Å². The fourth-order valence-corrected chi connectivity index (χ4v) is 4.28. The molecule has 0 fully saturated rings. The number of para-hydroxylation sites is 2. The number of benzene rings is 3. The van der Waals surface area contributed by atoms with Gasteiger partial charge >= 0.3 is 0 Å². The summed E-state index contributed by atoms with van der Waals surface area (Å²) in [6, 6.07) is 28.0. The summed E-state index contributed by atoms with van der Waals surface area (Å²) in [6.45, 7) is 1.05. The van der Waals surface area contributed by atoms with E-state index in [0.717, 1.165) is 21.6 Å². The van der Waals surface area contributed by atoms with Crippen LogP contribution >= 0.6 is 11.3 Å². The molecule has 5 N–H and O–H groups in total. The van der Waals surface area contributed by atoms with Crippen LogP contribution in [0.25, 0.3) is 6.08 Å². The Morgan fingerprint density at radius 3 is 2.33 bits per heavy atom. The number of hydrogen-bond acceptors (Lipinski definition) is 5. The Morgan fingerprint density at radius 2 is 1.61 bits per heavy atom. The van der Waals surface area contributed by atoms with Crippen molar-refractivity contribution in [2.24, 2.45) is 0 Å². The molecule has 1 heterocycles. The van der Waals surface area contributed by atoms with Crippen molar-refractivity contribution < 1.29 is 9.59 Å². The molecular formula is C29H28N4O2S. The minimum Gasteiger partial charge on any atom is -0.397 e. The Bertz CT molecular complexity index is 1300. The number of amides is 2. The highest BCUT2D eigenvalue weighted by Crippen LogP contribution is 2.19. The minimum atomic E-state index is -0.516. The smallest absolute Gasteiger partial charge is 0.248 e.